The number of benzene rings is 1. The monoisotopic (exact) mass is 464 g/mol. The Bertz CT molecular complexity index is 1110. The summed E-state index contributed by atoms with van der Waals surface area (Å²) >= 11 is 1.29. The van der Waals surface area contributed by atoms with Crippen molar-refractivity contribution in [2.24, 2.45) is 5.92 Å². The number of hydrogen-bond acceptors (Lipinski definition) is 7. The molecule has 166 valence electrons. The van der Waals surface area contributed by atoms with E-state index in [2.05, 4.69) is 17.2 Å². The SMILES string of the molecule is Cc1csc(NC(=O)CN2C(=O)COc3ccc(S(=O)(=O)N4CCC(C)CC4)cc32)n1. The third-order valence-electron chi connectivity index (χ3n) is 5.42. The van der Waals surface area contributed by atoms with Gasteiger partial charge >= 0.3 is 0 Å². The molecule has 0 saturated carbocycles. The lowest BCUT2D eigenvalue weighted by atomic mass is 10.0. The molecule has 3 heterocycles. The van der Waals surface area contributed by atoms with Crippen LogP contribution in [-0.2, 0) is 19.6 Å². The molecule has 2 aromatic rings. The predicted molar refractivity (Wildman–Crippen MR) is 117 cm³/mol. The Morgan fingerprint density at radius 1 is 1.32 bits per heavy atom. The number of hydrogen-bond donors (Lipinski definition) is 1. The van der Waals surface area contributed by atoms with Crippen molar-refractivity contribution in [1.29, 1.82) is 0 Å². The molecule has 11 heteroatoms. The van der Waals surface area contributed by atoms with Crippen LogP contribution in [0.1, 0.15) is 25.5 Å². The number of fused-ring (bicyclic) bond motifs is 1. The Labute approximate surface area is 185 Å². The van der Waals surface area contributed by atoms with E-state index in [1.54, 1.807) is 0 Å². The number of anilines is 2. The zero-order valence-electron chi connectivity index (χ0n) is 17.3. The summed E-state index contributed by atoms with van der Waals surface area (Å²) in [6.45, 7) is 4.39. The van der Waals surface area contributed by atoms with Crippen molar-refractivity contribution in [2.75, 3.05) is 36.5 Å². The van der Waals surface area contributed by atoms with E-state index >= 15 is 0 Å². The molecule has 2 aliphatic heterocycles. The summed E-state index contributed by atoms with van der Waals surface area (Å²) in [6.07, 6.45) is 1.63. The molecule has 0 spiro atoms. The number of rotatable bonds is 5. The fourth-order valence-electron chi connectivity index (χ4n) is 3.60. The molecule has 0 bridgehead atoms. The molecular weight excluding hydrogens is 440 g/mol. The highest BCUT2D eigenvalue weighted by molar-refractivity contribution is 7.89. The Morgan fingerprint density at radius 2 is 2.06 bits per heavy atom. The van der Waals surface area contributed by atoms with E-state index in [0.29, 0.717) is 29.9 Å². The molecule has 1 aromatic carbocycles. The van der Waals surface area contributed by atoms with Crippen LogP contribution in [0.15, 0.2) is 28.5 Å². The van der Waals surface area contributed by atoms with E-state index < -0.39 is 21.8 Å². The van der Waals surface area contributed by atoms with Crippen molar-refractivity contribution in [3.05, 3.63) is 29.3 Å². The maximum Gasteiger partial charge on any atom is 0.265 e. The summed E-state index contributed by atoms with van der Waals surface area (Å²) in [5, 5.41) is 4.92. The van der Waals surface area contributed by atoms with Gasteiger partial charge < -0.3 is 10.1 Å². The number of ether oxygens (including phenoxy) is 1. The first-order valence-corrected chi connectivity index (χ1v) is 12.4. The van der Waals surface area contributed by atoms with Gasteiger partial charge in [-0.2, -0.15) is 4.31 Å². The zero-order chi connectivity index (χ0) is 22.2. The number of carbonyl (C=O) groups is 2. The minimum absolute atomic E-state index is 0.0834. The van der Waals surface area contributed by atoms with Crippen LogP contribution in [0, 0.1) is 12.8 Å². The Balaban J connectivity index is 1.58. The molecule has 4 rings (SSSR count). The summed E-state index contributed by atoms with van der Waals surface area (Å²) in [5.41, 5.74) is 1.06. The number of aromatic nitrogens is 1. The maximum absolute atomic E-state index is 13.1. The Kier molecular flexibility index (Phi) is 6.00. The lowest BCUT2D eigenvalue weighted by Gasteiger charge is -2.31. The average molecular weight is 465 g/mol. The number of sulfonamides is 1. The first-order chi connectivity index (χ1) is 14.7. The molecule has 0 radical (unpaired) electrons. The van der Waals surface area contributed by atoms with Gasteiger partial charge in [-0.05, 0) is 43.9 Å². The van der Waals surface area contributed by atoms with Crippen molar-refractivity contribution in [2.45, 2.75) is 31.6 Å². The van der Waals surface area contributed by atoms with Crippen molar-refractivity contribution < 1.29 is 22.7 Å². The Hall–Kier alpha value is -2.50. The number of carbonyl (C=O) groups excluding carboxylic acids is 2. The van der Waals surface area contributed by atoms with Gasteiger partial charge in [-0.25, -0.2) is 13.4 Å². The molecule has 0 aliphatic carbocycles. The van der Waals surface area contributed by atoms with E-state index in [9.17, 15) is 18.0 Å². The summed E-state index contributed by atoms with van der Waals surface area (Å²) in [7, 11) is -3.70. The van der Waals surface area contributed by atoms with Crippen molar-refractivity contribution >= 4 is 44.0 Å². The highest BCUT2D eigenvalue weighted by Crippen LogP contribution is 2.35. The summed E-state index contributed by atoms with van der Waals surface area (Å²) in [4.78, 5) is 30.5. The second-order valence-corrected chi connectivity index (χ2v) is 10.6. The molecule has 9 nitrogen and oxygen atoms in total. The van der Waals surface area contributed by atoms with Crippen LogP contribution >= 0.6 is 11.3 Å². The summed E-state index contributed by atoms with van der Waals surface area (Å²) in [6, 6.07) is 4.44. The van der Waals surface area contributed by atoms with Gasteiger partial charge in [0.2, 0.25) is 15.9 Å². The highest BCUT2D eigenvalue weighted by atomic mass is 32.2. The van der Waals surface area contributed by atoms with Crippen LogP contribution in [-0.4, -0.2) is 55.8 Å². The van der Waals surface area contributed by atoms with Crippen LogP contribution in [0.5, 0.6) is 5.75 Å². The second kappa shape index (κ2) is 8.56. The van der Waals surface area contributed by atoms with E-state index in [0.717, 1.165) is 18.5 Å². The zero-order valence-corrected chi connectivity index (χ0v) is 19.0. The third kappa shape index (κ3) is 4.58. The molecule has 0 atom stereocenters. The van der Waals surface area contributed by atoms with E-state index in [4.69, 9.17) is 4.74 Å². The van der Waals surface area contributed by atoms with E-state index in [1.165, 1.54) is 38.7 Å². The van der Waals surface area contributed by atoms with Gasteiger partial charge in [-0.1, -0.05) is 6.92 Å². The van der Waals surface area contributed by atoms with Gasteiger partial charge in [0.1, 0.15) is 12.3 Å². The number of thiazole rings is 1. The lowest BCUT2D eigenvalue weighted by Crippen LogP contribution is -2.43. The highest BCUT2D eigenvalue weighted by Gasteiger charge is 2.32. The van der Waals surface area contributed by atoms with E-state index in [-0.39, 0.29) is 23.7 Å². The van der Waals surface area contributed by atoms with Crippen LogP contribution < -0.4 is 15.0 Å². The minimum atomic E-state index is -3.70. The van der Waals surface area contributed by atoms with Crippen LogP contribution in [0.2, 0.25) is 0 Å². The molecule has 2 amide bonds. The van der Waals surface area contributed by atoms with Crippen LogP contribution in [0.25, 0.3) is 0 Å². The standard InChI is InChI=1S/C20H24N4O5S2/c1-13-5-7-23(8-6-13)31(27,28)15-3-4-17-16(9-15)24(19(26)11-29-17)10-18(25)22-20-21-14(2)12-30-20/h3-4,9,12-13H,5-8,10-11H2,1-2H3,(H,21,22,25). The maximum atomic E-state index is 13.1. The number of piperidine rings is 1. The quantitative estimate of drug-likeness (QED) is 0.727. The van der Waals surface area contributed by atoms with Gasteiger partial charge in [0.25, 0.3) is 5.91 Å². The summed E-state index contributed by atoms with van der Waals surface area (Å²) in [5.74, 6) is 0.0217. The van der Waals surface area contributed by atoms with Crippen LogP contribution in [0.4, 0.5) is 10.8 Å². The van der Waals surface area contributed by atoms with Crippen molar-refractivity contribution in [1.82, 2.24) is 9.29 Å². The van der Waals surface area contributed by atoms with Crippen molar-refractivity contribution in [3.63, 3.8) is 0 Å². The number of nitrogens with zero attached hydrogens (tertiary/aromatic N) is 3. The number of amides is 2. The molecule has 1 saturated heterocycles. The Morgan fingerprint density at radius 3 is 2.74 bits per heavy atom. The lowest BCUT2D eigenvalue weighted by molar-refractivity contribution is -0.123. The smallest absolute Gasteiger partial charge is 0.265 e. The first kappa shape index (κ1) is 21.7. The average Bonchev–Trinajstić information content (AvgIpc) is 3.14. The van der Waals surface area contributed by atoms with Gasteiger partial charge in [-0.3, -0.25) is 14.5 Å². The number of aryl methyl sites for hydroxylation is 1. The third-order valence-corrected chi connectivity index (χ3v) is 8.19. The van der Waals surface area contributed by atoms with Gasteiger partial charge in [0.15, 0.2) is 11.7 Å². The molecule has 1 N–H and O–H groups in total. The fraction of sp³-hybridized carbons (Fsp3) is 0.450. The topological polar surface area (TPSA) is 109 Å². The molecule has 1 aromatic heterocycles. The minimum Gasteiger partial charge on any atom is -0.482 e. The molecular formula is C20H24N4O5S2. The summed E-state index contributed by atoms with van der Waals surface area (Å²) < 4.78 is 33.2. The second-order valence-electron chi connectivity index (χ2n) is 7.83. The number of nitrogens with one attached hydrogen (secondary N) is 1. The van der Waals surface area contributed by atoms with Gasteiger partial charge in [0, 0.05) is 18.5 Å². The van der Waals surface area contributed by atoms with Crippen molar-refractivity contribution in [3.8, 4) is 5.75 Å². The fourth-order valence-corrected chi connectivity index (χ4v) is 5.80. The van der Waals surface area contributed by atoms with E-state index in [1.807, 2.05) is 12.3 Å². The molecule has 0 unspecified atom stereocenters. The van der Waals surface area contributed by atoms with Gasteiger partial charge in [0.05, 0.1) is 16.3 Å². The molecule has 31 heavy (non-hydrogen) atoms. The normalized spacial score (nSPS) is 17.9. The molecule has 2 aliphatic rings. The predicted octanol–water partition coefficient (Wildman–Crippen LogP) is 2.24. The largest absolute Gasteiger partial charge is 0.482 e. The van der Waals surface area contributed by atoms with Gasteiger partial charge in [-0.15, -0.1) is 11.3 Å². The molecule has 1 fully saturated rings. The van der Waals surface area contributed by atoms with Crippen LogP contribution in [0.3, 0.4) is 0 Å². The first-order valence-electron chi connectivity index (χ1n) is 10.0.